The largest absolute Gasteiger partial charge is 0.396 e. The predicted molar refractivity (Wildman–Crippen MR) is 65.4 cm³/mol. The number of aliphatic hydroxyl groups is 1. The van der Waals surface area contributed by atoms with E-state index in [1.807, 2.05) is 14.0 Å². The van der Waals surface area contributed by atoms with Crippen molar-refractivity contribution in [1.82, 2.24) is 9.78 Å². The summed E-state index contributed by atoms with van der Waals surface area (Å²) >= 11 is 0. The highest BCUT2D eigenvalue weighted by Gasteiger charge is 2.24. The Balaban J connectivity index is 2.20. The Morgan fingerprint density at radius 3 is 2.65 bits per heavy atom. The summed E-state index contributed by atoms with van der Waals surface area (Å²) in [6.45, 7) is 3.88. The molecule has 0 aliphatic carbocycles. The van der Waals surface area contributed by atoms with Crippen LogP contribution in [0.5, 0.6) is 0 Å². The molecule has 0 amide bonds. The minimum absolute atomic E-state index is 0.263. The Hall–Kier alpha value is -1.36. The van der Waals surface area contributed by atoms with Gasteiger partial charge in [-0.2, -0.15) is 5.10 Å². The highest BCUT2D eigenvalue weighted by atomic mass is 16.3. The van der Waals surface area contributed by atoms with Crippen LogP contribution in [-0.2, 0) is 7.05 Å². The van der Waals surface area contributed by atoms with E-state index in [9.17, 15) is 4.79 Å². The minimum Gasteiger partial charge on any atom is -0.396 e. The molecule has 1 N–H and O–H groups in total. The van der Waals surface area contributed by atoms with Gasteiger partial charge >= 0.3 is 0 Å². The molecule has 1 fully saturated rings. The molecular weight excluding hydrogens is 218 g/mol. The number of aliphatic hydroxyl groups excluding tert-OH is 1. The van der Waals surface area contributed by atoms with Crippen molar-refractivity contribution in [2.45, 2.75) is 19.8 Å². The number of anilines is 1. The molecule has 5 heteroatoms. The Morgan fingerprint density at radius 1 is 1.47 bits per heavy atom. The van der Waals surface area contributed by atoms with E-state index in [4.69, 9.17) is 5.11 Å². The lowest BCUT2D eigenvalue weighted by Crippen LogP contribution is -2.36. The number of hydrogen-bond acceptors (Lipinski definition) is 4. The molecule has 2 heterocycles. The number of nitrogens with zero attached hydrogens (tertiary/aromatic N) is 3. The second kappa shape index (κ2) is 4.87. The molecule has 1 saturated heterocycles. The van der Waals surface area contributed by atoms with Gasteiger partial charge in [-0.25, -0.2) is 0 Å². The molecule has 0 saturated carbocycles. The predicted octanol–water partition coefficient (Wildman–Crippen LogP) is 0.750. The maximum Gasteiger partial charge on any atom is 0.155 e. The molecule has 1 aliphatic rings. The fourth-order valence-corrected chi connectivity index (χ4v) is 2.50. The van der Waals surface area contributed by atoms with Gasteiger partial charge in [-0.1, -0.05) is 0 Å². The first kappa shape index (κ1) is 12.1. The molecular formula is C12H19N3O2. The highest BCUT2D eigenvalue weighted by molar-refractivity contribution is 5.84. The van der Waals surface area contributed by atoms with Gasteiger partial charge in [0.1, 0.15) is 5.82 Å². The van der Waals surface area contributed by atoms with Gasteiger partial charge in [0.2, 0.25) is 0 Å². The van der Waals surface area contributed by atoms with Crippen LogP contribution in [0.4, 0.5) is 5.82 Å². The summed E-state index contributed by atoms with van der Waals surface area (Å²) in [5.41, 5.74) is 1.47. The summed E-state index contributed by atoms with van der Waals surface area (Å²) in [5.74, 6) is 1.31. The molecule has 94 valence electrons. The SMILES string of the molecule is Cc1nn(C)c(N2CCC(CO)CC2)c1C=O. The Kier molecular flexibility index (Phi) is 3.47. The second-order valence-corrected chi connectivity index (χ2v) is 4.68. The first-order valence-electron chi connectivity index (χ1n) is 6.02. The van der Waals surface area contributed by atoms with Crippen LogP contribution < -0.4 is 4.90 Å². The molecule has 0 atom stereocenters. The third-order valence-electron chi connectivity index (χ3n) is 3.53. The van der Waals surface area contributed by atoms with Gasteiger partial charge in [0, 0.05) is 26.7 Å². The van der Waals surface area contributed by atoms with Crippen LogP contribution in [0.3, 0.4) is 0 Å². The molecule has 0 bridgehead atoms. The van der Waals surface area contributed by atoms with Crippen LogP contribution in [0.1, 0.15) is 28.9 Å². The lowest BCUT2D eigenvalue weighted by Gasteiger charge is -2.32. The zero-order valence-electron chi connectivity index (χ0n) is 10.4. The number of carbonyl (C=O) groups is 1. The van der Waals surface area contributed by atoms with E-state index in [2.05, 4.69) is 10.00 Å². The smallest absolute Gasteiger partial charge is 0.155 e. The zero-order chi connectivity index (χ0) is 12.4. The zero-order valence-corrected chi connectivity index (χ0v) is 10.4. The number of rotatable bonds is 3. The molecule has 0 aromatic carbocycles. The van der Waals surface area contributed by atoms with E-state index >= 15 is 0 Å². The third-order valence-corrected chi connectivity index (χ3v) is 3.53. The number of hydrogen-bond donors (Lipinski definition) is 1. The van der Waals surface area contributed by atoms with Gasteiger partial charge < -0.3 is 10.0 Å². The van der Waals surface area contributed by atoms with Gasteiger partial charge in [0.25, 0.3) is 0 Å². The number of aromatic nitrogens is 2. The van der Waals surface area contributed by atoms with Gasteiger partial charge in [-0.15, -0.1) is 0 Å². The summed E-state index contributed by atoms with van der Waals surface area (Å²) in [7, 11) is 1.87. The fraction of sp³-hybridized carbons (Fsp3) is 0.667. The second-order valence-electron chi connectivity index (χ2n) is 4.68. The monoisotopic (exact) mass is 237 g/mol. The molecule has 1 aliphatic heterocycles. The molecule has 5 nitrogen and oxygen atoms in total. The molecule has 0 unspecified atom stereocenters. The average Bonchev–Trinajstić information content (AvgIpc) is 2.63. The van der Waals surface area contributed by atoms with E-state index in [1.165, 1.54) is 0 Å². The normalized spacial score (nSPS) is 17.5. The van der Waals surface area contributed by atoms with Gasteiger partial charge in [0.15, 0.2) is 6.29 Å². The van der Waals surface area contributed by atoms with Crippen molar-refractivity contribution >= 4 is 12.1 Å². The molecule has 1 aromatic rings. The lowest BCUT2D eigenvalue weighted by atomic mass is 9.98. The van der Waals surface area contributed by atoms with Crippen LogP contribution in [0.15, 0.2) is 0 Å². The van der Waals surface area contributed by atoms with Crippen molar-refractivity contribution in [1.29, 1.82) is 0 Å². The quantitative estimate of drug-likeness (QED) is 0.788. The summed E-state index contributed by atoms with van der Waals surface area (Å²) in [6.07, 6.45) is 2.83. The van der Waals surface area contributed by atoms with Gasteiger partial charge in [-0.05, 0) is 25.7 Å². The van der Waals surface area contributed by atoms with Crippen molar-refractivity contribution < 1.29 is 9.90 Å². The Bertz CT molecular complexity index is 406. The molecule has 2 rings (SSSR count). The first-order chi connectivity index (χ1) is 8.17. The highest BCUT2D eigenvalue weighted by Crippen LogP contribution is 2.26. The van der Waals surface area contributed by atoms with Crippen molar-refractivity contribution in [3.8, 4) is 0 Å². The molecule has 1 aromatic heterocycles. The van der Waals surface area contributed by atoms with Crippen molar-refractivity contribution in [3.63, 3.8) is 0 Å². The average molecular weight is 237 g/mol. The van der Waals surface area contributed by atoms with Crippen LogP contribution in [-0.4, -0.2) is 40.9 Å². The lowest BCUT2D eigenvalue weighted by molar-refractivity contribution is 0.112. The van der Waals surface area contributed by atoms with E-state index in [0.29, 0.717) is 11.5 Å². The summed E-state index contributed by atoms with van der Waals surface area (Å²) in [5, 5.41) is 13.4. The summed E-state index contributed by atoms with van der Waals surface area (Å²) < 4.78 is 1.78. The van der Waals surface area contributed by atoms with Crippen molar-refractivity contribution in [2.24, 2.45) is 13.0 Å². The topological polar surface area (TPSA) is 58.4 Å². The Morgan fingerprint density at radius 2 is 2.12 bits per heavy atom. The standard InChI is InChI=1S/C12H19N3O2/c1-9-11(8-17)12(14(2)13-9)15-5-3-10(7-16)4-6-15/h8,10,16H,3-7H2,1-2H3. The van der Waals surface area contributed by atoms with Gasteiger partial charge in [0.05, 0.1) is 11.3 Å². The first-order valence-corrected chi connectivity index (χ1v) is 6.02. The van der Waals surface area contributed by atoms with Gasteiger partial charge in [-0.3, -0.25) is 9.48 Å². The number of aryl methyl sites for hydroxylation is 2. The van der Waals surface area contributed by atoms with Crippen molar-refractivity contribution in [2.75, 3.05) is 24.6 Å². The van der Waals surface area contributed by atoms with E-state index < -0.39 is 0 Å². The number of aldehydes is 1. The molecule has 17 heavy (non-hydrogen) atoms. The van der Waals surface area contributed by atoms with E-state index in [0.717, 1.165) is 43.7 Å². The summed E-state index contributed by atoms with van der Waals surface area (Å²) in [4.78, 5) is 13.3. The minimum atomic E-state index is 0.263. The summed E-state index contributed by atoms with van der Waals surface area (Å²) in [6, 6.07) is 0. The molecule has 0 spiro atoms. The van der Waals surface area contributed by atoms with E-state index in [1.54, 1.807) is 4.68 Å². The van der Waals surface area contributed by atoms with Crippen LogP contribution in [0.25, 0.3) is 0 Å². The maximum absolute atomic E-state index is 11.1. The molecule has 0 radical (unpaired) electrons. The van der Waals surface area contributed by atoms with Crippen LogP contribution in [0, 0.1) is 12.8 Å². The van der Waals surface area contributed by atoms with Crippen molar-refractivity contribution in [3.05, 3.63) is 11.3 Å². The fourth-order valence-electron chi connectivity index (χ4n) is 2.50. The number of piperidine rings is 1. The van der Waals surface area contributed by atoms with Crippen LogP contribution in [0.2, 0.25) is 0 Å². The third kappa shape index (κ3) is 2.20. The number of carbonyl (C=O) groups excluding carboxylic acids is 1. The van der Waals surface area contributed by atoms with E-state index in [-0.39, 0.29) is 6.61 Å². The van der Waals surface area contributed by atoms with Crippen LogP contribution >= 0.6 is 0 Å². The maximum atomic E-state index is 11.1. The Labute approximate surface area is 101 Å².